The van der Waals surface area contributed by atoms with Crippen LogP contribution in [0.15, 0.2) is 48.5 Å². The van der Waals surface area contributed by atoms with Crippen LogP contribution in [0.1, 0.15) is 31.8 Å². The van der Waals surface area contributed by atoms with Gasteiger partial charge in [-0.15, -0.1) is 0 Å². The number of methoxy groups -OCH3 is 2. The Morgan fingerprint density at radius 2 is 1.43 bits per heavy atom. The van der Waals surface area contributed by atoms with Crippen molar-refractivity contribution in [2.24, 2.45) is 0 Å². The van der Waals surface area contributed by atoms with Crippen LogP contribution in [0.4, 0.5) is 0 Å². The number of ether oxygens (including phenoxy) is 2. The second-order valence-electron chi connectivity index (χ2n) is 7.92. The molecule has 0 heterocycles. The van der Waals surface area contributed by atoms with E-state index < -0.39 is 23.9 Å². The monoisotopic (exact) mass is 547 g/mol. The molecule has 0 spiro atoms. The van der Waals surface area contributed by atoms with Crippen LogP contribution < -0.4 is 14.8 Å². The summed E-state index contributed by atoms with van der Waals surface area (Å²) in [6.07, 6.45) is -0.0540. The summed E-state index contributed by atoms with van der Waals surface area (Å²) in [4.78, 5) is 35.8. The Hall–Kier alpha value is -3.79. The lowest BCUT2D eigenvalue weighted by molar-refractivity contribution is -0.139. The second-order valence-corrected chi connectivity index (χ2v) is 8.73. The van der Waals surface area contributed by atoms with Gasteiger partial charge in [-0.25, -0.2) is 9.59 Å². The molecule has 4 N–H and O–H groups in total. The number of aliphatic hydroxyl groups is 1. The molecule has 0 aliphatic rings. The third kappa shape index (κ3) is 6.32. The van der Waals surface area contributed by atoms with Crippen LogP contribution in [-0.4, -0.2) is 53.4 Å². The fourth-order valence-electron chi connectivity index (χ4n) is 3.73. The van der Waals surface area contributed by atoms with E-state index in [2.05, 4.69) is 5.32 Å². The SMILES string of the molecule is COc1cc(CO)cc(OC)c1-c1ccc(CC(NC(=O)c2c(Cl)cc(C(=O)O)cc2Cl)C(=O)O)cc1. The van der Waals surface area contributed by atoms with E-state index in [1.807, 2.05) is 0 Å². The van der Waals surface area contributed by atoms with Gasteiger partial charge in [-0.2, -0.15) is 0 Å². The van der Waals surface area contributed by atoms with Gasteiger partial charge in [-0.3, -0.25) is 4.79 Å². The molecule has 3 aromatic carbocycles. The average Bonchev–Trinajstić information content (AvgIpc) is 2.87. The molecule has 9 nitrogen and oxygen atoms in total. The Labute approximate surface area is 222 Å². The average molecular weight is 548 g/mol. The van der Waals surface area contributed by atoms with Crippen molar-refractivity contribution in [3.8, 4) is 22.6 Å². The van der Waals surface area contributed by atoms with Gasteiger partial charge in [0.05, 0.1) is 47.6 Å². The van der Waals surface area contributed by atoms with Crippen LogP contribution in [-0.2, 0) is 17.8 Å². The second kappa shape index (κ2) is 12.0. The van der Waals surface area contributed by atoms with Crippen molar-refractivity contribution in [1.82, 2.24) is 5.32 Å². The minimum atomic E-state index is -1.32. The van der Waals surface area contributed by atoms with Gasteiger partial charge in [-0.1, -0.05) is 47.5 Å². The molecule has 37 heavy (non-hydrogen) atoms. The molecule has 3 rings (SSSR count). The third-order valence-electron chi connectivity index (χ3n) is 5.55. The molecule has 1 atom stereocenters. The molecule has 3 aromatic rings. The molecular weight excluding hydrogens is 525 g/mol. The summed E-state index contributed by atoms with van der Waals surface area (Å²) in [5.41, 5.74) is 2.19. The number of carbonyl (C=O) groups is 3. The van der Waals surface area contributed by atoms with E-state index in [1.54, 1.807) is 36.4 Å². The first-order valence-electron chi connectivity index (χ1n) is 10.8. The largest absolute Gasteiger partial charge is 0.496 e. The molecule has 0 bridgehead atoms. The van der Waals surface area contributed by atoms with E-state index >= 15 is 0 Å². The van der Waals surface area contributed by atoms with Gasteiger partial charge in [0.2, 0.25) is 0 Å². The number of carboxylic acids is 2. The fourth-order valence-corrected chi connectivity index (χ4v) is 4.39. The Morgan fingerprint density at radius 3 is 1.86 bits per heavy atom. The van der Waals surface area contributed by atoms with E-state index in [1.165, 1.54) is 14.2 Å². The molecule has 194 valence electrons. The molecule has 0 saturated heterocycles. The highest BCUT2D eigenvalue weighted by atomic mass is 35.5. The minimum Gasteiger partial charge on any atom is -0.496 e. The van der Waals surface area contributed by atoms with Gasteiger partial charge in [0.25, 0.3) is 5.91 Å². The first-order chi connectivity index (χ1) is 17.6. The van der Waals surface area contributed by atoms with E-state index in [4.69, 9.17) is 37.8 Å². The van der Waals surface area contributed by atoms with Crippen LogP contribution in [0.25, 0.3) is 11.1 Å². The topological polar surface area (TPSA) is 142 Å². The number of aliphatic hydroxyl groups excluding tert-OH is 1. The Balaban J connectivity index is 1.84. The standard InChI is InChI=1S/C26H23Cl2NO8/c1-36-20-8-14(12-30)9-21(37-2)22(20)15-5-3-13(4-6-15)7-19(26(34)35)29-24(31)23-17(27)10-16(25(32)33)11-18(23)28/h3-6,8-11,19,30H,7,12H2,1-2H3,(H,29,31)(H,32,33)(H,34,35). The first-order valence-corrected chi connectivity index (χ1v) is 11.6. The molecule has 11 heteroatoms. The number of rotatable bonds is 10. The summed E-state index contributed by atoms with van der Waals surface area (Å²) >= 11 is 12.1. The van der Waals surface area contributed by atoms with Crippen LogP contribution in [0, 0.1) is 0 Å². The molecule has 0 aliphatic carbocycles. The molecule has 0 aromatic heterocycles. The van der Waals surface area contributed by atoms with Crippen molar-refractivity contribution in [1.29, 1.82) is 0 Å². The summed E-state index contributed by atoms with van der Waals surface area (Å²) in [5, 5.41) is 30.2. The molecule has 0 aliphatic heterocycles. The predicted octanol–water partition coefficient (Wildman–Crippen LogP) is 4.29. The van der Waals surface area contributed by atoms with Crippen molar-refractivity contribution in [2.75, 3.05) is 14.2 Å². The highest BCUT2D eigenvalue weighted by Crippen LogP contribution is 2.39. The van der Waals surface area contributed by atoms with Crippen LogP contribution in [0.3, 0.4) is 0 Å². The minimum absolute atomic E-state index is 0.0540. The lowest BCUT2D eigenvalue weighted by atomic mass is 9.98. The maximum absolute atomic E-state index is 12.8. The molecule has 0 fully saturated rings. The maximum Gasteiger partial charge on any atom is 0.335 e. The molecule has 1 unspecified atom stereocenters. The van der Waals surface area contributed by atoms with Gasteiger partial charge < -0.3 is 30.1 Å². The van der Waals surface area contributed by atoms with Crippen molar-refractivity contribution in [3.05, 3.63) is 80.8 Å². The van der Waals surface area contributed by atoms with Crippen LogP contribution in [0.2, 0.25) is 10.0 Å². The molecule has 1 amide bonds. The zero-order chi connectivity index (χ0) is 27.3. The molecular formula is C26H23Cl2NO8. The number of halogens is 2. The third-order valence-corrected chi connectivity index (χ3v) is 6.15. The summed E-state index contributed by atoms with van der Waals surface area (Å²) in [6.45, 7) is -0.186. The smallest absolute Gasteiger partial charge is 0.335 e. The molecule has 0 saturated carbocycles. The summed E-state index contributed by atoms with van der Waals surface area (Å²) < 4.78 is 10.9. The van der Waals surface area contributed by atoms with E-state index in [0.717, 1.165) is 17.7 Å². The Kier molecular flexibility index (Phi) is 8.99. The summed E-state index contributed by atoms with van der Waals surface area (Å²) in [7, 11) is 3.00. The first kappa shape index (κ1) is 27.8. The fraction of sp³-hybridized carbons (Fsp3) is 0.192. The zero-order valence-corrected chi connectivity index (χ0v) is 21.3. The maximum atomic E-state index is 12.8. The number of nitrogens with one attached hydrogen (secondary N) is 1. The number of carbonyl (C=O) groups excluding carboxylic acids is 1. The quantitative estimate of drug-likeness (QED) is 0.294. The number of hydrogen-bond acceptors (Lipinski definition) is 6. The summed E-state index contributed by atoms with van der Waals surface area (Å²) in [5.74, 6) is -2.42. The van der Waals surface area contributed by atoms with Crippen molar-refractivity contribution >= 4 is 41.0 Å². The van der Waals surface area contributed by atoms with E-state index in [0.29, 0.717) is 28.2 Å². The number of benzene rings is 3. The van der Waals surface area contributed by atoms with Gasteiger partial charge in [0, 0.05) is 6.42 Å². The highest BCUT2D eigenvalue weighted by Gasteiger charge is 2.25. The van der Waals surface area contributed by atoms with Crippen molar-refractivity contribution < 1.29 is 39.2 Å². The normalized spacial score (nSPS) is 11.5. The lowest BCUT2D eigenvalue weighted by Gasteiger charge is -2.17. The van der Waals surface area contributed by atoms with Crippen LogP contribution >= 0.6 is 23.2 Å². The van der Waals surface area contributed by atoms with Gasteiger partial charge in [-0.05, 0) is 41.0 Å². The van der Waals surface area contributed by atoms with Gasteiger partial charge >= 0.3 is 11.9 Å². The Bertz CT molecular complexity index is 1290. The number of hydrogen-bond donors (Lipinski definition) is 4. The number of carboxylic acid groups (broad SMARTS) is 2. The number of aromatic carboxylic acids is 1. The van der Waals surface area contributed by atoms with Crippen molar-refractivity contribution in [2.45, 2.75) is 19.1 Å². The van der Waals surface area contributed by atoms with Gasteiger partial charge in [0.1, 0.15) is 17.5 Å². The number of aliphatic carboxylic acids is 1. The summed E-state index contributed by atoms with van der Waals surface area (Å²) in [6, 6.07) is 11.1. The zero-order valence-electron chi connectivity index (χ0n) is 19.7. The van der Waals surface area contributed by atoms with Gasteiger partial charge in [0.15, 0.2) is 0 Å². The van der Waals surface area contributed by atoms with Crippen LogP contribution in [0.5, 0.6) is 11.5 Å². The predicted molar refractivity (Wildman–Crippen MR) is 137 cm³/mol. The van der Waals surface area contributed by atoms with Crippen molar-refractivity contribution in [3.63, 3.8) is 0 Å². The van der Waals surface area contributed by atoms with E-state index in [9.17, 15) is 24.6 Å². The highest BCUT2D eigenvalue weighted by molar-refractivity contribution is 6.40. The molecule has 0 radical (unpaired) electrons. The number of amides is 1. The lowest BCUT2D eigenvalue weighted by Crippen LogP contribution is -2.42. The Morgan fingerprint density at radius 1 is 0.892 bits per heavy atom. The van der Waals surface area contributed by atoms with E-state index in [-0.39, 0.29) is 34.2 Å².